The molecule has 1 heterocycles. The smallest absolute Gasteiger partial charge is 0.227 e. The number of rotatable bonds is 4. The van der Waals surface area contributed by atoms with Crippen LogP contribution in [0.3, 0.4) is 0 Å². The summed E-state index contributed by atoms with van der Waals surface area (Å²) in [6, 6.07) is 7.30. The van der Waals surface area contributed by atoms with Gasteiger partial charge in [0.2, 0.25) is 11.8 Å². The minimum atomic E-state index is 0.0716. The van der Waals surface area contributed by atoms with Gasteiger partial charge in [-0.1, -0.05) is 23.7 Å². The summed E-state index contributed by atoms with van der Waals surface area (Å²) in [4.78, 5) is 27.5. The number of hydrogen-bond donors (Lipinski definition) is 1. The Bertz CT molecular complexity index is 496. The van der Waals surface area contributed by atoms with Crippen molar-refractivity contribution in [2.45, 2.75) is 12.8 Å². The lowest BCUT2D eigenvalue weighted by molar-refractivity contribution is -0.139. The van der Waals surface area contributed by atoms with Crippen LogP contribution >= 0.6 is 11.6 Å². The van der Waals surface area contributed by atoms with Crippen LogP contribution in [0.4, 0.5) is 0 Å². The van der Waals surface area contributed by atoms with E-state index in [9.17, 15) is 9.59 Å². The SMILES string of the molecule is NCCC(=O)N1CCN(C(=O)Cc2ccc(Cl)cc2)CC1. The van der Waals surface area contributed by atoms with E-state index in [1.807, 2.05) is 12.1 Å². The third-order valence-corrected chi connectivity index (χ3v) is 3.86. The third-order valence-electron chi connectivity index (χ3n) is 3.61. The van der Waals surface area contributed by atoms with Crippen molar-refractivity contribution in [3.8, 4) is 0 Å². The van der Waals surface area contributed by atoms with E-state index < -0.39 is 0 Å². The maximum atomic E-state index is 12.2. The molecule has 1 fully saturated rings. The Labute approximate surface area is 129 Å². The molecule has 1 aliphatic rings. The number of amides is 2. The molecule has 0 aliphatic carbocycles. The summed E-state index contributed by atoms with van der Waals surface area (Å²) >= 11 is 5.83. The zero-order valence-corrected chi connectivity index (χ0v) is 12.7. The van der Waals surface area contributed by atoms with Crippen LogP contribution in [-0.4, -0.2) is 54.3 Å². The predicted molar refractivity (Wildman–Crippen MR) is 82.0 cm³/mol. The van der Waals surface area contributed by atoms with Crippen molar-refractivity contribution in [3.63, 3.8) is 0 Å². The molecule has 1 aliphatic heterocycles. The number of hydrogen-bond acceptors (Lipinski definition) is 3. The molecule has 21 heavy (non-hydrogen) atoms. The Morgan fingerprint density at radius 1 is 1.00 bits per heavy atom. The Kier molecular flexibility index (Phi) is 5.59. The Balaban J connectivity index is 1.83. The summed E-state index contributed by atoms with van der Waals surface area (Å²) in [5, 5.41) is 0.665. The van der Waals surface area contributed by atoms with Gasteiger partial charge in [-0.05, 0) is 17.7 Å². The van der Waals surface area contributed by atoms with Gasteiger partial charge in [-0.25, -0.2) is 0 Å². The number of halogens is 1. The van der Waals surface area contributed by atoms with Gasteiger partial charge in [0.15, 0.2) is 0 Å². The summed E-state index contributed by atoms with van der Waals surface area (Å²) in [7, 11) is 0. The van der Waals surface area contributed by atoms with Crippen molar-refractivity contribution in [1.82, 2.24) is 9.80 Å². The third kappa shape index (κ3) is 4.44. The van der Waals surface area contributed by atoms with Gasteiger partial charge < -0.3 is 15.5 Å². The molecule has 1 aromatic carbocycles. The fraction of sp³-hybridized carbons (Fsp3) is 0.467. The zero-order chi connectivity index (χ0) is 15.2. The van der Waals surface area contributed by atoms with E-state index in [0.29, 0.717) is 50.6 Å². The monoisotopic (exact) mass is 309 g/mol. The van der Waals surface area contributed by atoms with Crippen LogP contribution in [0.2, 0.25) is 5.02 Å². The molecule has 1 aromatic rings. The summed E-state index contributed by atoms with van der Waals surface area (Å²) in [5.74, 6) is 0.158. The molecule has 6 heteroatoms. The number of nitrogens with two attached hydrogens (primary N) is 1. The van der Waals surface area contributed by atoms with Crippen LogP contribution in [0.1, 0.15) is 12.0 Å². The molecule has 5 nitrogen and oxygen atoms in total. The average molecular weight is 310 g/mol. The minimum Gasteiger partial charge on any atom is -0.339 e. The second kappa shape index (κ2) is 7.43. The Morgan fingerprint density at radius 3 is 2.05 bits per heavy atom. The van der Waals surface area contributed by atoms with Crippen LogP contribution in [0.25, 0.3) is 0 Å². The van der Waals surface area contributed by atoms with E-state index in [2.05, 4.69) is 0 Å². The normalized spacial score (nSPS) is 15.1. The molecule has 0 spiro atoms. The number of piperazine rings is 1. The molecule has 0 saturated carbocycles. The first kappa shape index (κ1) is 15.8. The Hall–Kier alpha value is -1.59. The lowest BCUT2D eigenvalue weighted by atomic mass is 10.1. The molecule has 2 N–H and O–H groups in total. The maximum absolute atomic E-state index is 12.2. The molecule has 0 atom stereocenters. The van der Waals surface area contributed by atoms with Crippen molar-refractivity contribution in [3.05, 3.63) is 34.9 Å². The largest absolute Gasteiger partial charge is 0.339 e. The molecular weight excluding hydrogens is 290 g/mol. The molecule has 0 aromatic heterocycles. The molecule has 114 valence electrons. The van der Waals surface area contributed by atoms with Crippen LogP contribution in [-0.2, 0) is 16.0 Å². The van der Waals surface area contributed by atoms with Crippen LogP contribution < -0.4 is 5.73 Å². The standard InChI is InChI=1S/C15H20ClN3O2/c16-13-3-1-12(2-4-13)11-15(21)19-9-7-18(8-10-19)14(20)5-6-17/h1-4H,5-11,17H2. The fourth-order valence-corrected chi connectivity index (χ4v) is 2.50. The Morgan fingerprint density at radius 2 is 1.52 bits per heavy atom. The van der Waals surface area contributed by atoms with Gasteiger partial charge in [0, 0.05) is 44.2 Å². The summed E-state index contributed by atoms with van der Waals surface area (Å²) in [6.45, 7) is 2.72. The van der Waals surface area contributed by atoms with Gasteiger partial charge >= 0.3 is 0 Å². The van der Waals surface area contributed by atoms with Gasteiger partial charge in [0.05, 0.1) is 6.42 Å². The highest BCUT2D eigenvalue weighted by Crippen LogP contribution is 2.12. The van der Waals surface area contributed by atoms with E-state index in [4.69, 9.17) is 17.3 Å². The van der Waals surface area contributed by atoms with Crippen molar-refractivity contribution in [2.75, 3.05) is 32.7 Å². The van der Waals surface area contributed by atoms with Gasteiger partial charge in [-0.15, -0.1) is 0 Å². The highest BCUT2D eigenvalue weighted by Gasteiger charge is 2.23. The van der Waals surface area contributed by atoms with Crippen molar-refractivity contribution < 1.29 is 9.59 Å². The van der Waals surface area contributed by atoms with Crippen LogP contribution in [0.15, 0.2) is 24.3 Å². The molecule has 0 bridgehead atoms. The summed E-state index contributed by atoms with van der Waals surface area (Å²) in [6.07, 6.45) is 0.743. The van der Waals surface area contributed by atoms with E-state index in [-0.39, 0.29) is 11.8 Å². The quantitative estimate of drug-likeness (QED) is 0.898. The van der Waals surface area contributed by atoms with E-state index in [1.165, 1.54) is 0 Å². The fourth-order valence-electron chi connectivity index (χ4n) is 2.38. The minimum absolute atomic E-state index is 0.0716. The summed E-state index contributed by atoms with van der Waals surface area (Å²) in [5.41, 5.74) is 6.34. The van der Waals surface area contributed by atoms with Gasteiger partial charge in [-0.2, -0.15) is 0 Å². The predicted octanol–water partition coefficient (Wildman–Crippen LogP) is 0.902. The van der Waals surface area contributed by atoms with Crippen molar-refractivity contribution in [1.29, 1.82) is 0 Å². The molecule has 0 radical (unpaired) electrons. The number of nitrogens with zero attached hydrogens (tertiary/aromatic N) is 2. The average Bonchev–Trinajstić information content (AvgIpc) is 2.50. The first-order valence-corrected chi connectivity index (χ1v) is 7.48. The van der Waals surface area contributed by atoms with Gasteiger partial charge in [0.1, 0.15) is 0 Å². The lowest BCUT2D eigenvalue weighted by Gasteiger charge is -2.35. The summed E-state index contributed by atoms with van der Waals surface area (Å²) < 4.78 is 0. The first-order valence-electron chi connectivity index (χ1n) is 7.10. The first-order chi connectivity index (χ1) is 10.1. The van der Waals surface area contributed by atoms with Crippen molar-refractivity contribution in [2.24, 2.45) is 5.73 Å². The number of carbonyl (C=O) groups is 2. The van der Waals surface area contributed by atoms with Gasteiger partial charge in [-0.3, -0.25) is 9.59 Å². The molecule has 1 saturated heterocycles. The van der Waals surface area contributed by atoms with Crippen LogP contribution in [0.5, 0.6) is 0 Å². The van der Waals surface area contributed by atoms with E-state index >= 15 is 0 Å². The lowest BCUT2D eigenvalue weighted by Crippen LogP contribution is -2.51. The number of carbonyl (C=O) groups excluding carboxylic acids is 2. The molecule has 2 rings (SSSR count). The molecular formula is C15H20ClN3O2. The van der Waals surface area contributed by atoms with E-state index in [0.717, 1.165) is 5.56 Å². The highest BCUT2D eigenvalue weighted by atomic mass is 35.5. The maximum Gasteiger partial charge on any atom is 0.227 e. The molecule has 0 unspecified atom stereocenters. The molecule has 2 amide bonds. The van der Waals surface area contributed by atoms with E-state index in [1.54, 1.807) is 21.9 Å². The zero-order valence-electron chi connectivity index (χ0n) is 11.9. The number of benzene rings is 1. The topological polar surface area (TPSA) is 66.6 Å². The highest BCUT2D eigenvalue weighted by molar-refractivity contribution is 6.30. The van der Waals surface area contributed by atoms with Crippen LogP contribution in [0, 0.1) is 0 Å². The van der Waals surface area contributed by atoms with Gasteiger partial charge in [0.25, 0.3) is 0 Å². The van der Waals surface area contributed by atoms with Crippen molar-refractivity contribution >= 4 is 23.4 Å². The second-order valence-corrected chi connectivity index (χ2v) is 5.54. The second-order valence-electron chi connectivity index (χ2n) is 5.10.